The molecule has 0 atom stereocenters. The molecule has 0 saturated heterocycles. The third-order valence-electron chi connectivity index (χ3n) is 4.47. The zero-order chi connectivity index (χ0) is 18.7. The van der Waals surface area contributed by atoms with Gasteiger partial charge >= 0.3 is 5.63 Å². The molecule has 0 aliphatic carbocycles. The number of hydrogen-bond acceptors (Lipinski definition) is 5. The van der Waals surface area contributed by atoms with Crippen molar-refractivity contribution >= 4 is 16.9 Å². The number of rotatable bonds is 6. The average Bonchev–Trinajstić information content (AvgIpc) is 2.62. The van der Waals surface area contributed by atoms with E-state index in [4.69, 9.17) is 9.15 Å². The number of benzene rings is 2. The highest BCUT2D eigenvalue weighted by Gasteiger charge is 2.15. The molecule has 1 aromatic heterocycles. The van der Waals surface area contributed by atoms with Gasteiger partial charge < -0.3 is 19.1 Å². The van der Waals surface area contributed by atoms with E-state index in [0.717, 1.165) is 22.1 Å². The predicted molar refractivity (Wildman–Crippen MR) is 96.1 cm³/mol. The Hall–Kier alpha value is -3.08. The number of carboxylic acids is 1. The molecular formula is C21H19O5-. The molecule has 0 aliphatic heterocycles. The Labute approximate surface area is 150 Å². The van der Waals surface area contributed by atoms with Crippen LogP contribution in [0.2, 0.25) is 0 Å². The van der Waals surface area contributed by atoms with Crippen LogP contribution >= 0.6 is 0 Å². The van der Waals surface area contributed by atoms with Gasteiger partial charge in [-0.3, -0.25) is 0 Å². The Kier molecular flexibility index (Phi) is 5.07. The molecule has 5 heteroatoms. The second kappa shape index (κ2) is 7.44. The lowest BCUT2D eigenvalue weighted by Crippen LogP contribution is -2.24. The van der Waals surface area contributed by atoms with E-state index < -0.39 is 11.6 Å². The molecule has 0 spiro atoms. The zero-order valence-electron chi connectivity index (χ0n) is 14.7. The van der Waals surface area contributed by atoms with Crippen molar-refractivity contribution in [2.45, 2.75) is 33.3 Å². The first-order chi connectivity index (χ1) is 12.5. The summed E-state index contributed by atoms with van der Waals surface area (Å²) in [4.78, 5) is 23.0. The number of aliphatic carboxylic acids is 1. The quantitative estimate of drug-likeness (QED) is 0.638. The lowest BCUT2D eigenvalue weighted by atomic mass is 10.0. The molecule has 0 amide bonds. The first-order valence-electron chi connectivity index (χ1n) is 8.40. The van der Waals surface area contributed by atoms with E-state index in [9.17, 15) is 14.7 Å². The van der Waals surface area contributed by atoms with Crippen molar-refractivity contribution < 1.29 is 19.1 Å². The van der Waals surface area contributed by atoms with Gasteiger partial charge in [-0.15, -0.1) is 0 Å². The fourth-order valence-electron chi connectivity index (χ4n) is 2.98. The van der Waals surface area contributed by atoms with Crippen LogP contribution in [0.5, 0.6) is 5.75 Å². The van der Waals surface area contributed by atoms with Crippen molar-refractivity contribution in [2.75, 3.05) is 0 Å². The van der Waals surface area contributed by atoms with Crippen LogP contribution in [0, 0.1) is 13.8 Å². The summed E-state index contributed by atoms with van der Waals surface area (Å²) in [6.07, 6.45) is -0.119. The summed E-state index contributed by atoms with van der Waals surface area (Å²) in [7, 11) is 0. The summed E-state index contributed by atoms with van der Waals surface area (Å²) < 4.78 is 11.4. The Morgan fingerprint density at radius 3 is 2.50 bits per heavy atom. The second-order valence-electron chi connectivity index (χ2n) is 6.20. The van der Waals surface area contributed by atoms with Gasteiger partial charge in [-0.2, -0.15) is 0 Å². The van der Waals surface area contributed by atoms with Crippen LogP contribution in [0.1, 0.15) is 28.7 Å². The van der Waals surface area contributed by atoms with Crippen LogP contribution < -0.4 is 15.5 Å². The van der Waals surface area contributed by atoms with Gasteiger partial charge in [0, 0.05) is 22.5 Å². The van der Waals surface area contributed by atoms with Gasteiger partial charge in [0.05, 0.1) is 0 Å². The highest BCUT2D eigenvalue weighted by Crippen LogP contribution is 2.30. The molecule has 0 aliphatic rings. The van der Waals surface area contributed by atoms with Gasteiger partial charge in [-0.1, -0.05) is 30.3 Å². The molecule has 0 radical (unpaired) electrons. The number of fused-ring (bicyclic) bond motifs is 1. The molecule has 3 aromatic rings. The van der Waals surface area contributed by atoms with Crippen LogP contribution in [0.4, 0.5) is 0 Å². The Morgan fingerprint density at radius 1 is 1.08 bits per heavy atom. The number of ether oxygens (including phenoxy) is 1. The lowest BCUT2D eigenvalue weighted by molar-refractivity contribution is -0.305. The van der Waals surface area contributed by atoms with E-state index in [1.54, 1.807) is 6.92 Å². The van der Waals surface area contributed by atoms with Crippen LogP contribution in [-0.2, 0) is 17.8 Å². The zero-order valence-corrected chi connectivity index (χ0v) is 14.7. The van der Waals surface area contributed by atoms with Crippen LogP contribution in [-0.4, -0.2) is 5.97 Å². The first kappa shape index (κ1) is 17.7. The Morgan fingerprint density at radius 2 is 1.81 bits per heavy atom. The van der Waals surface area contributed by atoms with Crippen LogP contribution in [0.3, 0.4) is 0 Å². The number of hydrogen-bond donors (Lipinski definition) is 0. The maximum absolute atomic E-state index is 12.3. The Bertz CT molecular complexity index is 1000. The SMILES string of the molecule is Cc1c(CCC(=O)[O-])c(=O)oc2c(C)c(OCc3ccccc3)ccc12. The summed E-state index contributed by atoms with van der Waals surface area (Å²) in [5.74, 6) is -0.545. The van der Waals surface area contributed by atoms with Crippen molar-refractivity contribution in [2.24, 2.45) is 0 Å². The van der Waals surface area contributed by atoms with Crippen molar-refractivity contribution in [3.8, 4) is 5.75 Å². The molecule has 0 saturated carbocycles. The second-order valence-corrected chi connectivity index (χ2v) is 6.20. The van der Waals surface area contributed by atoms with E-state index in [0.29, 0.717) is 23.5 Å². The number of aryl methyl sites for hydroxylation is 2. The van der Waals surface area contributed by atoms with Crippen molar-refractivity contribution in [3.63, 3.8) is 0 Å². The molecule has 2 aromatic carbocycles. The third-order valence-corrected chi connectivity index (χ3v) is 4.47. The van der Waals surface area contributed by atoms with E-state index >= 15 is 0 Å². The van der Waals surface area contributed by atoms with Gasteiger partial charge in [0.25, 0.3) is 0 Å². The van der Waals surface area contributed by atoms with Crippen molar-refractivity contribution in [1.82, 2.24) is 0 Å². The highest BCUT2D eigenvalue weighted by atomic mass is 16.5. The van der Waals surface area contributed by atoms with E-state index in [2.05, 4.69) is 0 Å². The number of carboxylic acid groups (broad SMARTS) is 1. The maximum Gasteiger partial charge on any atom is 0.339 e. The predicted octanol–water partition coefficient (Wildman–Crippen LogP) is 2.67. The summed E-state index contributed by atoms with van der Waals surface area (Å²) in [6.45, 7) is 4.06. The fraction of sp³-hybridized carbons (Fsp3) is 0.238. The fourth-order valence-corrected chi connectivity index (χ4v) is 2.98. The van der Waals surface area contributed by atoms with Gasteiger partial charge in [0.2, 0.25) is 0 Å². The topological polar surface area (TPSA) is 79.6 Å². The normalized spacial score (nSPS) is 10.8. The Balaban J connectivity index is 1.95. The van der Waals surface area contributed by atoms with E-state index in [-0.39, 0.29) is 12.8 Å². The summed E-state index contributed by atoms with van der Waals surface area (Å²) in [6, 6.07) is 13.5. The summed E-state index contributed by atoms with van der Waals surface area (Å²) in [5, 5.41) is 11.5. The van der Waals surface area contributed by atoms with E-state index in [1.165, 1.54) is 0 Å². The smallest absolute Gasteiger partial charge is 0.339 e. The molecule has 0 N–H and O–H groups in total. The molecule has 0 unspecified atom stereocenters. The monoisotopic (exact) mass is 351 g/mol. The number of carbonyl (C=O) groups excluding carboxylic acids is 1. The standard InChI is InChI=1S/C21H20O5/c1-13-16-8-10-18(25-12-15-6-4-3-5-7-15)14(2)20(16)26-21(24)17(13)9-11-19(22)23/h3-8,10H,9,11-12H2,1-2H3,(H,22,23)/p-1. The highest BCUT2D eigenvalue weighted by molar-refractivity contribution is 5.85. The molecule has 1 heterocycles. The van der Waals surface area contributed by atoms with Crippen LogP contribution in [0.25, 0.3) is 11.0 Å². The third kappa shape index (κ3) is 3.61. The first-order valence-corrected chi connectivity index (χ1v) is 8.40. The van der Waals surface area contributed by atoms with Gasteiger partial charge in [-0.25, -0.2) is 4.79 Å². The maximum atomic E-state index is 12.3. The number of carbonyl (C=O) groups is 1. The summed E-state index contributed by atoms with van der Waals surface area (Å²) in [5.41, 5.74) is 2.84. The molecule has 26 heavy (non-hydrogen) atoms. The minimum Gasteiger partial charge on any atom is -0.550 e. The van der Waals surface area contributed by atoms with Crippen LogP contribution in [0.15, 0.2) is 51.7 Å². The molecular weight excluding hydrogens is 332 g/mol. The van der Waals surface area contributed by atoms with Crippen molar-refractivity contribution in [1.29, 1.82) is 0 Å². The molecule has 0 bridgehead atoms. The van der Waals surface area contributed by atoms with Gasteiger partial charge in [0.15, 0.2) is 0 Å². The molecule has 5 nitrogen and oxygen atoms in total. The van der Waals surface area contributed by atoms with Gasteiger partial charge in [-0.05, 0) is 49.9 Å². The van der Waals surface area contributed by atoms with Crippen molar-refractivity contribution in [3.05, 3.63) is 75.1 Å². The van der Waals surface area contributed by atoms with E-state index in [1.807, 2.05) is 49.4 Å². The average molecular weight is 351 g/mol. The summed E-state index contributed by atoms with van der Waals surface area (Å²) >= 11 is 0. The molecule has 3 rings (SSSR count). The largest absolute Gasteiger partial charge is 0.550 e. The molecule has 134 valence electrons. The minimum atomic E-state index is -1.19. The lowest BCUT2D eigenvalue weighted by Gasteiger charge is -2.13. The molecule has 0 fully saturated rings. The minimum absolute atomic E-state index is 0.0950. The van der Waals surface area contributed by atoms with Gasteiger partial charge in [0.1, 0.15) is 17.9 Å².